The molecular weight excluding hydrogens is 769 g/mol. The maximum absolute atomic E-state index is 12.3. The number of nitrogens with one attached hydrogen (secondary N) is 1. The van der Waals surface area contributed by atoms with Gasteiger partial charge in [-0.3, -0.25) is 18.6 Å². The van der Waals surface area contributed by atoms with Crippen molar-refractivity contribution in [2.75, 3.05) is 19.8 Å². The van der Waals surface area contributed by atoms with Crippen molar-refractivity contribution >= 4 is 25.7 Å². The van der Waals surface area contributed by atoms with Gasteiger partial charge in [0.05, 0.1) is 13.2 Å². The molecule has 0 aromatic rings. The smallest absolute Gasteiger partial charge is 0.472 e. The van der Waals surface area contributed by atoms with Crippen LogP contribution in [-0.4, -0.2) is 64.9 Å². The summed E-state index contributed by atoms with van der Waals surface area (Å²) in [6.07, 6.45) is 44.8. The van der Waals surface area contributed by atoms with E-state index in [-0.39, 0.29) is 12.8 Å². The molecule has 0 aromatic heterocycles. The topological polar surface area (TPSA) is 169 Å². The van der Waals surface area contributed by atoms with Crippen LogP contribution in [0.15, 0.2) is 24.3 Å². The molecule has 3 unspecified atom stereocenters. The summed E-state index contributed by atoms with van der Waals surface area (Å²) >= 11 is 0. The molecule has 12 heteroatoms. The van der Waals surface area contributed by atoms with Crippen LogP contribution in [-0.2, 0) is 32.7 Å². The van der Waals surface area contributed by atoms with Crippen LogP contribution in [0.5, 0.6) is 0 Å². The third-order valence-corrected chi connectivity index (χ3v) is 11.4. The lowest BCUT2D eigenvalue weighted by atomic mass is 10.0. The summed E-state index contributed by atoms with van der Waals surface area (Å²) < 4.78 is 26.9. The number of carbonyl (C=O) groups is 3. The minimum atomic E-state index is -4.76. The average Bonchev–Trinajstić information content (AvgIpc) is 3.21. The Hall–Kier alpha value is -2.04. The number of aliphatic carboxylic acids is 1. The van der Waals surface area contributed by atoms with Gasteiger partial charge in [0.1, 0.15) is 12.7 Å². The number of allylic oxidation sites excluding steroid dienone is 4. The molecule has 0 aliphatic heterocycles. The zero-order valence-electron chi connectivity index (χ0n) is 37.6. The first-order chi connectivity index (χ1) is 28.6. The lowest BCUT2D eigenvalue weighted by molar-refractivity contribution is -0.147. The summed E-state index contributed by atoms with van der Waals surface area (Å²) in [5.41, 5.74) is 0. The van der Waals surface area contributed by atoms with E-state index in [0.717, 1.165) is 57.8 Å². The molecule has 0 spiro atoms. The molecule has 0 aliphatic carbocycles. The van der Waals surface area contributed by atoms with E-state index in [0.29, 0.717) is 12.8 Å². The highest BCUT2D eigenvalue weighted by atomic mass is 31.2. The maximum Gasteiger partial charge on any atom is 0.472 e. The molecule has 1 amide bonds. The largest absolute Gasteiger partial charge is 0.480 e. The van der Waals surface area contributed by atoms with Gasteiger partial charge >= 0.3 is 19.8 Å². The molecule has 3 atom stereocenters. The molecule has 0 aliphatic rings. The van der Waals surface area contributed by atoms with Crippen LogP contribution < -0.4 is 5.32 Å². The van der Waals surface area contributed by atoms with Crippen LogP contribution in [0.3, 0.4) is 0 Å². The fourth-order valence-corrected chi connectivity index (χ4v) is 7.53. The van der Waals surface area contributed by atoms with Crippen molar-refractivity contribution in [2.24, 2.45) is 0 Å². The molecule has 0 heterocycles. The van der Waals surface area contributed by atoms with Crippen molar-refractivity contribution in [3.8, 4) is 0 Å². The standard InChI is InChI=1S/C47H88NO10P/c1-3-5-7-9-11-13-15-17-19-21-22-23-24-26-28-30-32-34-36-38-45(50)48-44(47(52)53)42-58-59(54,55)57-41-43(49)40-56-46(51)39-37-35-33-31-29-27-25-20-18-16-14-12-10-8-6-4-2/h11,13,17,19,43-44,49H,3-10,12,14-16,18,20-42H2,1-2H3,(H,48,50)(H,52,53)(H,54,55)/b13-11-,19-17-. The molecule has 0 bridgehead atoms. The third kappa shape index (κ3) is 42.4. The molecule has 0 radical (unpaired) electrons. The van der Waals surface area contributed by atoms with E-state index in [1.54, 1.807) is 0 Å². The van der Waals surface area contributed by atoms with E-state index in [4.69, 9.17) is 13.8 Å². The van der Waals surface area contributed by atoms with Crippen molar-refractivity contribution in [3.63, 3.8) is 0 Å². The van der Waals surface area contributed by atoms with Gasteiger partial charge in [0.25, 0.3) is 0 Å². The van der Waals surface area contributed by atoms with Crippen molar-refractivity contribution < 1.29 is 47.8 Å². The minimum absolute atomic E-state index is 0.142. The zero-order valence-corrected chi connectivity index (χ0v) is 38.5. The summed E-state index contributed by atoms with van der Waals surface area (Å²) in [6, 6.07) is -1.55. The predicted molar refractivity (Wildman–Crippen MR) is 240 cm³/mol. The first kappa shape index (κ1) is 57.0. The number of ether oxygens (including phenoxy) is 1. The van der Waals surface area contributed by atoms with Gasteiger partial charge in [-0.2, -0.15) is 0 Å². The first-order valence-electron chi connectivity index (χ1n) is 23.9. The van der Waals surface area contributed by atoms with Gasteiger partial charge in [0.15, 0.2) is 6.04 Å². The van der Waals surface area contributed by atoms with E-state index >= 15 is 0 Å². The highest BCUT2D eigenvalue weighted by molar-refractivity contribution is 7.47. The van der Waals surface area contributed by atoms with Crippen molar-refractivity contribution in [1.29, 1.82) is 0 Å². The van der Waals surface area contributed by atoms with Gasteiger partial charge in [-0.05, 0) is 44.9 Å². The quantitative estimate of drug-likeness (QED) is 0.0200. The Morgan fingerprint density at radius 3 is 1.41 bits per heavy atom. The molecule has 0 fully saturated rings. The number of carbonyl (C=O) groups excluding carboxylic acids is 2. The van der Waals surface area contributed by atoms with E-state index in [9.17, 15) is 34.1 Å². The van der Waals surface area contributed by atoms with E-state index < -0.39 is 57.6 Å². The van der Waals surface area contributed by atoms with Gasteiger partial charge in [0.2, 0.25) is 5.91 Å². The molecule has 0 saturated carbocycles. The zero-order chi connectivity index (χ0) is 43.5. The summed E-state index contributed by atoms with van der Waals surface area (Å²) in [7, 11) is -4.76. The Bertz CT molecular complexity index is 1100. The van der Waals surface area contributed by atoms with Crippen LogP contribution in [0, 0.1) is 0 Å². The van der Waals surface area contributed by atoms with E-state index in [1.807, 2.05) is 0 Å². The number of esters is 1. The van der Waals surface area contributed by atoms with Crippen LogP contribution in [0.4, 0.5) is 0 Å². The van der Waals surface area contributed by atoms with Gasteiger partial charge in [-0.25, -0.2) is 9.36 Å². The number of amides is 1. The second-order valence-electron chi connectivity index (χ2n) is 16.3. The molecule has 0 saturated heterocycles. The second kappa shape index (κ2) is 42.6. The molecule has 0 rings (SSSR count). The Balaban J connectivity index is 3.85. The third-order valence-electron chi connectivity index (χ3n) is 10.5. The van der Waals surface area contributed by atoms with Crippen molar-refractivity contribution in [2.45, 2.75) is 238 Å². The molecule has 59 heavy (non-hydrogen) atoms. The highest BCUT2D eigenvalue weighted by Gasteiger charge is 2.28. The molecule has 0 aromatic carbocycles. The lowest BCUT2D eigenvalue weighted by Crippen LogP contribution is -2.43. The predicted octanol–water partition coefficient (Wildman–Crippen LogP) is 12.6. The Labute approximate surface area is 359 Å². The number of aliphatic hydroxyl groups is 1. The van der Waals surface area contributed by atoms with Crippen LogP contribution in [0.25, 0.3) is 0 Å². The van der Waals surface area contributed by atoms with Crippen LogP contribution >= 0.6 is 7.82 Å². The summed E-state index contributed by atoms with van der Waals surface area (Å²) in [5.74, 6) is -2.37. The number of phosphoric acid groups is 1. The van der Waals surface area contributed by atoms with Gasteiger partial charge in [0, 0.05) is 12.8 Å². The first-order valence-corrected chi connectivity index (χ1v) is 25.4. The number of hydrogen-bond donors (Lipinski definition) is 4. The number of phosphoric ester groups is 1. The molecule has 11 nitrogen and oxygen atoms in total. The highest BCUT2D eigenvalue weighted by Crippen LogP contribution is 2.43. The second-order valence-corrected chi connectivity index (χ2v) is 17.8. The monoisotopic (exact) mass is 858 g/mol. The lowest BCUT2D eigenvalue weighted by Gasteiger charge is -2.18. The Morgan fingerprint density at radius 1 is 0.542 bits per heavy atom. The number of carboxylic acid groups (broad SMARTS) is 1. The Kier molecular flexibility index (Phi) is 41.2. The molecular formula is C47H88NO10P. The maximum atomic E-state index is 12.3. The Morgan fingerprint density at radius 2 is 0.932 bits per heavy atom. The van der Waals surface area contributed by atoms with Crippen LogP contribution in [0.2, 0.25) is 0 Å². The SMILES string of the molecule is CCCCC/C=C\C/C=C\CCCCCCCCCCCC(=O)NC(COP(=O)(O)OCC(O)COC(=O)CCCCCCCCCCCCCCCCCC)C(=O)O. The fourth-order valence-electron chi connectivity index (χ4n) is 6.76. The number of hydrogen-bond acceptors (Lipinski definition) is 8. The fraction of sp³-hybridized carbons (Fsp3) is 0.851. The van der Waals surface area contributed by atoms with Gasteiger partial charge in [-0.1, -0.05) is 192 Å². The number of rotatable bonds is 45. The average molecular weight is 858 g/mol. The number of unbranched alkanes of at least 4 members (excludes halogenated alkanes) is 27. The normalized spacial score (nSPS) is 13.8. The minimum Gasteiger partial charge on any atom is -0.480 e. The van der Waals surface area contributed by atoms with Gasteiger partial charge in [-0.15, -0.1) is 0 Å². The molecule has 4 N–H and O–H groups in total. The van der Waals surface area contributed by atoms with E-state index in [1.165, 1.54) is 128 Å². The summed E-state index contributed by atoms with van der Waals surface area (Å²) in [5, 5.41) is 21.9. The number of aliphatic hydroxyl groups excluding tert-OH is 1. The van der Waals surface area contributed by atoms with Crippen molar-refractivity contribution in [3.05, 3.63) is 24.3 Å². The van der Waals surface area contributed by atoms with Crippen molar-refractivity contribution in [1.82, 2.24) is 5.32 Å². The molecule has 346 valence electrons. The van der Waals surface area contributed by atoms with Gasteiger partial charge < -0.3 is 25.2 Å². The number of carboxylic acids is 1. The van der Waals surface area contributed by atoms with Crippen LogP contribution in [0.1, 0.15) is 226 Å². The van der Waals surface area contributed by atoms with E-state index in [2.05, 4.69) is 43.5 Å². The summed E-state index contributed by atoms with van der Waals surface area (Å²) in [6.45, 7) is 2.60. The summed E-state index contributed by atoms with van der Waals surface area (Å²) in [4.78, 5) is 46.0.